The quantitative estimate of drug-likeness (QED) is 0.899. The summed E-state index contributed by atoms with van der Waals surface area (Å²) in [5.41, 5.74) is 1.17. The van der Waals surface area contributed by atoms with Crippen LogP contribution in [0.15, 0.2) is 24.3 Å². The number of carboxylic acid groups (broad SMARTS) is 1. The summed E-state index contributed by atoms with van der Waals surface area (Å²) in [7, 11) is 0. The smallest absolute Gasteiger partial charge is 0.306 e. The molecule has 1 saturated heterocycles. The minimum atomic E-state index is -0.774. The highest BCUT2D eigenvalue weighted by Gasteiger charge is 2.34. The Labute approximate surface area is 143 Å². The Morgan fingerprint density at radius 1 is 1.29 bits per heavy atom. The molecule has 3 atom stereocenters. The lowest BCUT2D eigenvalue weighted by atomic mass is 9.87. The third kappa shape index (κ3) is 4.28. The molecule has 24 heavy (non-hydrogen) atoms. The monoisotopic (exact) mass is 333 g/mol. The summed E-state index contributed by atoms with van der Waals surface area (Å²) in [4.78, 5) is 25.5. The van der Waals surface area contributed by atoms with E-state index in [1.54, 1.807) is 11.8 Å². The summed E-state index contributed by atoms with van der Waals surface area (Å²) in [6.45, 7) is 8.80. The fraction of sp³-hybridized carbons (Fsp3) is 0.579. The minimum Gasteiger partial charge on any atom is -0.481 e. The number of likely N-dealkylation sites (tertiary alicyclic amines) is 1. The van der Waals surface area contributed by atoms with Crippen LogP contribution < -0.4 is 4.74 Å². The molecule has 2 rings (SSSR count). The molecule has 1 heterocycles. The molecule has 1 aliphatic rings. The van der Waals surface area contributed by atoms with Gasteiger partial charge >= 0.3 is 5.97 Å². The summed E-state index contributed by atoms with van der Waals surface area (Å²) < 4.78 is 5.82. The highest BCUT2D eigenvalue weighted by atomic mass is 16.5. The van der Waals surface area contributed by atoms with E-state index in [-0.39, 0.29) is 17.7 Å². The second-order valence-electron chi connectivity index (χ2n) is 6.98. The van der Waals surface area contributed by atoms with Crippen molar-refractivity contribution in [3.63, 3.8) is 0 Å². The lowest BCUT2D eigenvalue weighted by molar-refractivity contribution is -0.150. The zero-order valence-electron chi connectivity index (χ0n) is 14.9. The van der Waals surface area contributed by atoms with Crippen LogP contribution >= 0.6 is 0 Å². The molecule has 0 aliphatic carbocycles. The standard InChI is InChI=1S/C19H27NO4/c1-12(2)15-6-5-7-16(10-15)24-14(4)18(21)20-9-8-17(19(22)23)13(3)11-20/h5-7,10,12-14,17H,8-9,11H2,1-4H3,(H,22,23). The maximum absolute atomic E-state index is 12.6. The molecule has 132 valence electrons. The van der Waals surface area contributed by atoms with Crippen molar-refractivity contribution < 1.29 is 19.4 Å². The van der Waals surface area contributed by atoms with Crippen LogP contribution in [0.2, 0.25) is 0 Å². The van der Waals surface area contributed by atoms with Crippen LogP contribution in [-0.4, -0.2) is 41.1 Å². The number of hydrogen-bond acceptors (Lipinski definition) is 3. The Morgan fingerprint density at radius 2 is 2.00 bits per heavy atom. The van der Waals surface area contributed by atoms with E-state index in [1.807, 2.05) is 31.2 Å². The summed E-state index contributed by atoms with van der Waals surface area (Å²) in [5.74, 6) is -0.180. The topological polar surface area (TPSA) is 66.8 Å². The van der Waals surface area contributed by atoms with Crippen LogP contribution in [0.4, 0.5) is 0 Å². The van der Waals surface area contributed by atoms with Gasteiger partial charge in [0.05, 0.1) is 5.92 Å². The molecule has 0 spiro atoms. The SMILES string of the molecule is CC(Oc1cccc(C(C)C)c1)C(=O)N1CCC(C(=O)O)C(C)C1. The molecule has 1 fully saturated rings. The van der Waals surface area contributed by atoms with Crippen molar-refractivity contribution in [3.05, 3.63) is 29.8 Å². The van der Waals surface area contributed by atoms with Gasteiger partial charge in [-0.25, -0.2) is 0 Å². The zero-order valence-corrected chi connectivity index (χ0v) is 14.9. The van der Waals surface area contributed by atoms with Gasteiger partial charge in [0.2, 0.25) is 0 Å². The van der Waals surface area contributed by atoms with Crippen LogP contribution in [-0.2, 0) is 9.59 Å². The lowest BCUT2D eigenvalue weighted by Gasteiger charge is -2.36. The molecule has 0 bridgehead atoms. The van der Waals surface area contributed by atoms with Gasteiger partial charge in [-0.1, -0.05) is 32.9 Å². The third-order valence-corrected chi connectivity index (χ3v) is 4.72. The average Bonchev–Trinajstić information content (AvgIpc) is 2.53. The predicted octanol–water partition coefficient (Wildman–Crippen LogP) is 3.15. The maximum atomic E-state index is 12.6. The first-order valence-electron chi connectivity index (χ1n) is 8.57. The van der Waals surface area contributed by atoms with Crippen molar-refractivity contribution in [2.24, 2.45) is 11.8 Å². The van der Waals surface area contributed by atoms with Crippen LogP contribution in [0, 0.1) is 11.8 Å². The molecule has 1 aliphatic heterocycles. The van der Waals surface area contributed by atoms with Gasteiger partial charge in [0.15, 0.2) is 6.10 Å². The summed E-state index contributed by atoms with van der Waals surface area (Å²) in [5, 5.41) is 9.18. The van der Waals surface area contributed by atoms with Gasteiger partial charge < -0.3 is 14.7 Å². The Hall–Kier alpha value is -2.04. The highest BCUT2D eigenvalue weighted by molar-refractivity contribution is 5.81. The Balaban J connectivity index is 1.98. The van der Waals surface area contributed by atoms with Crippen LogP contribution in [0.1, 0.15) is 45.6 Å². The third-order valence-electron chi connectivity index (χ3n) is 4.72. The number of amides is 1. The molecule has 1 aromatic carbocycles. The van der Waals surface area contributed by atoms with Crippen LogP contribution in [0.3, 0.4) is 0 Å². The van der Waals surface area contributed by atoms with Gasteiger partial charge in [-0.15, -0.1) is 0 Å². The average molecular weight is 333 g/mol. The van der Waals surface area contributed by atoms with Crippen molar-refractivity contribution in [1.82, 2.24) is 4.90 Å². The number of nitrogens with zero attached hydrogens (tertiary/aromatic N) is 1. The van der Waals surface area contributed by atoms with Gasteiger partial charge in [0, 0.05) is 13.1 Å². The second-order valence-corrected chi connectivity index (χ2v) is 6.98. The van der Waals surface area contributed by atoms with E-state index in [2.05, 4.69) is 13.8 Å². The molecule has 0 radical (unpaired) electrons. The van der Waals surface area contributed by atoms with Crippen LogP contribution in [0.25, 0.3) is 0 Å². The minimum absolute atomic E-state index is 0.0448. The maximum Gasteiger partial charge on any atom is 0.306 e. The number of ether oxygens (including phenoxy) is 1. The van der Waals surface area contributed by atoms with Crippen molar-refractivity contribution in [2.75, 3.05) is 13.1 Å². The number of carboxylic acids is 1. The van der Waals surface area contributed by atoms with Crippen molar-refractivity contribution in [2.45, 2.75) is 46.1 Å². The molecular weight excluding hydrogens is 306 g/mol. The number of benzene rings is 1. The summed E-state index contributed by atoms with van der Waals surface area (Å²) in [6.07, 6.45) is -0.0846. The number of carbonyl (C=O) groups is 2. The zero-order chi connectivity index (χ0) is 17.9. The first-order valence-corrected chi connectivity index (χ1v) is 8.57. The summed E-state index contributed by atoms with van der Waals surface area (Å²) in [6, 6.07) is 7.80. The van der Waals surface area contributed by atoms with Crippen molar-refractivity contribution in [3.8, 4) is 5.75 Å². The molecule has 1 aromatic rings. The van der Waals surface area contributed by atoms with E-state index in [4.69, 9.17) is 4.74 Å². The van der Waals surface area contributed by atoms with Crippen LogP contribution in [0.5, 0.6) is 5.75 Å². The molecule has 5 heteroatoms. The fourth-order valence-corrected chi connectivity index (χ4v) is 3.17. The first kappa shape index (κ1) is 18.3. The molecule has 3 unspecified atom stereocenters. The van der Waals surface area contributed by atoms with Gasteiger partial charge in [-0.3, -0.25) is 9.59 Å². The van der Waals surface area contributed by atoms with Crippen molar-refractivity contribution in [1.29, 1.82) is 0 Å². The van der Waals surface area contributed by atoms with E-state index in [9.17, 15) is 14.7 Å². The lowest BCUT2D eigenvalue weighted by Crippen LogP contribution is -2.49. The Kier molecular flexibility index (Phi) is 5.86. The first-order chi connectivity index (χ1) is 11.3. The second kappa shape index (κ2) is 7.69. The molecule has 0 aromatic heterocycles. The summed E-state index contributed by atoms with van der Waals surface area (Å²) >= 11 is 0. The van der Waals surface area contributed by atoms with E-state index < -0.39 is 12.1 Å². The number of hydrogen-bond donors (Lipinski definition) is 1. The Morgan fingerprint density at radius 3 is 2.58 bits per heavy atom. The normalized spacial score (nSPS) is 22.3. The van der Waals surface area contributed by atoms with Gasteiger partial charge in [0.1, 0.15) is 5.75 Å². The molecular formula is C19H27NO4. The molecule has 5 nitrogen and oxygen atoms in total. The van der Waals surface area contributed by atoms with E-state index >= 15 is 0 Å². The van der Waals surface area contributed by atoms with E-state index in [0.717, 1.165) is 0 Å². The fourth-order valence-electron chi connectivity index (χ4n) is 3.17. The molecule has 1 N–H and O–H groups in total. The highest BCUT2D eigenvalue weighted by Crippen LogP contribution is 2.25. The van der Waals surface area contributed by atoms with Gasteiger partial charge in [-0.2, -0.15) is 0 Å². The van der Waals surface area contributed by atoms with Crippen molar-refractivity contribution >= 4 is 11.9 Å². The van der Waals surface area contributed by atoms with Gasteiger partial charge in [-0.05, 0) is 42.9 Å². The van der Waals surface area contributed by atoms with E-state index in [1.165, 1.54) is 5.56 Å². The number of carbonyl (C=O) groups excluding carboxylic acids is 1. The number of aliphatic carboxylic acids is 1. The number of piperidine rings is 1. The van der Waals surface area contributed by atoms with E-state index in [0.29, 0.717) is 31.2 Å². The largest absolute Gasteiger partial charge is 0.481 e. The molecule has 0 saturated carbocycles. The predicted molar refractivity (Wildman–Crippen MR) is 92.1 cm³/mol. The van der Waals surface area contributed by atoms with Gasteiger partial charge in [0.25, 0.3) is 5.91 Å². The number of rotatable bonds is 5. The molecule has 1 amide bonds. The Bertz CT molecular complexity index is 599.